The number of nitrogens with zero attached hydrogens (tertiary/aromatic N) is 1. The second kappa shape index (κ2) is 7.23. The number of rotatable bonds is 5. The lowest BCUT2D eigenvalue weighted by atomic mass is 9.98. The number of hydrogen-bond acceptors (Lipinski definition) is 4. The van der Waals surface area contributed by atoms with E-state index in [1.807, 2.05) is 25.1 Å². The summed E-state index contributed by atoms with van der Waals surface area (Å²) in [5.41, 5.74) is 3.45. The highest BCUT2D eigenvalue weighted by Gasteiger charge is 2.32. The van der Waals surface area contributed by atoms with E-state index in [-0.39, 0.29) is 24.3 Å². The van der Waals surface area contributed by atoms with E-state index < -0.39 is 0 Å². The maximum atomic E-state index is 12.2. The fourth-order valence-corrected chi connectivity index (χ4v) is 3.17. The summed E-state index contributed by atoms with van der Waals surface area (Å²) >= 11 is 0. The molecule has 3 amide bonds. The summed E-state index contributed by atoms with van der Waals surface area (Å²) in [5, 5.41) is 2.69. The Labute approximate surface area is 158 Å². The number of carbonyl (C=O) groups is 3. The molecule has 0 atom stereocenters. The number of nitrogens with one attached hydrogen (secondary N) is 1. The van der Waals surface area contributed by atoms with Gasteiger partial charge in [-0.05, 0) is 54.3 Å². The van der Waals surface area contributed by atoms with Crippen LogP contribution in [0, 0.1) is 6.92 Å². The Morgan fingerprint density at radius 3 is 2.44 bits per heavy atom. The number of benzene rings is 2. The van der Waals surface area contributed by atoms with Crippen LogP contribution in [0.3, 0.4) is 0 Å². The maximum Gasteiger partial charge on any atom is 0.262 e. The van der Waals surface area contributed by atoms with Crippen molar-refractivity contribution in [3.8, 4) is 5.75 Å². The summed E-state index contributed by atoms with van der Waals surface area (Å²) in [6.07, 6.45) is 0. The van der Waals surface area contributed by atoms with Crippen LogP contribution < -0.4 is 10.1 Å². The first kappa shape index (κ1) is 18.6. The van der Waals surface area contributed by atoms with Crippen molar-refractivity contribution in [2.45, 2.75) is 26.7 Å². The minimum absolute atomic E-state index is 0.148. The van der Waals surface area contributed by atoms with Gasteiger partial charge in [0.15, 0.2) is 6.61 Å². The van der Waals surface area contributed by atoms with E-state index in [0.717, 1.165) is 10.5 Å². The number of aryl methyl sites for hydroxylation is 1. The normalized spacial score (nSPS) is 13.1. The van der Waals surface area contributed by atoms with Gasteiger partial charge in [0, 0.05) is 12.7 Å². The van der Waals surface area contributed by atoms with Crippen molar-refractivity contribution >= 4 is 23.4 Å². The number of imide groups is 1. The van der Waals surface area contributed by atoms with E-state index in [2.05, 4.69) is 19.2 Å². The third kappa shape index (κ3) is 3.69. The summed E-state index contributed by atoms with van der Waals surface area (Å²) in [7, 11) is 1.43. The van der Waals surface area contributed by atoms with Gasteiger partial charge in [-0.1, -0.05) is 19.9 Å². The molecule has 0 saturated carbocycles. The Balaban J connectivity index is 1.63. The SMILES string of the molecule is Cc1cc(OCC(=O)Nc2ccc3c(c2)C(=O)N(C)C3=O)ccc1C(C)C. The second-order valence-corrected chi connectivity index (χ2v) is 6.94. The van der Waals surface area contributed by atoms with E-state index in [1.54, 1.807) is 12.1 Å². The van der Waals surface area contributed by atoms with Crippen LogP contribution in [0.5, 0.6) is 5.75 Å². The minimum atomic E-state index is -0.372. The summed E-state index contributed by atoms with van der Waals surface area (Å²) < 4.78 is 5.56. The van der Waals surface area contributed by atoms with Crippen LogP contribution in [0.15, 0.2) is 36.4 Å². The molecule has 140 valence electrons. The Kier molecular flexibility index (Phi) is 4.99. The average Bonchev–Trinajstić information content (AvgIpc) is 2.84. The molecule has 6 heteroatoms. The lowest BCUT2D eigenvalue weighted by molar-refractivity contribution is -0.118. The fourth-order valence-electron chi connectivity index (χ4n) is 3.17. The average molecular weight is 366 g/mol. The Bertz CT molecular complexity index is 934. The topological polar surface area (TPSA) is 75.7 Å². The van der Waals surface area contributed by atoms with Crippen LogP contribution in [0.2, 0.25) is 0 Å². The molecule has 2 aromatic rings. The molecule has 0 fully saturated rings. The highest BCUT2D eigenvalue weighted by atomic mass is 16.5. The van der Waals surface area contributed by atoms with Gasteiger partial charge in [0.1, 0.15) is 5.75 Å². The standard InChI is InChI=1S/C21H22N2O4/c1-12(2)16-8-6-15(9-13(16)3)27-11-19(24)22-14-5-7-17-18(10-14)21(26)23(4)20(17)25/h5-10,12H,11H2,1-4H3,(H,22,24). The molecular formula is C21H22N2O4. The van der Waals surface area contributed by atoms with Crippen LogP contribution in [-0.4, -0.2) is 36.3 Å². The lowest BCUT2D eigenvalue weighted by Crippen LogP contribution is -2.24. The summed E-state index contributed by atoms with van der Waals surface area (Å²) in [5.74, 6) is 0.00403. The highest BCUT2D eigenvalue weighted by Crippen LogP contribution is 2.25. The molecule has 0 unspecified atom stereocenters. The Morgan fingerprint density at radius 2 is 1.78 bits per heavy atom. The molecule has 1 N–H and O–H groups in total. The van der Waals surface area contributed by atoms with E-state index in [9.17, 15) is 14.4 Å². The van der Waals surface area contributed by atoms with Crippen LogP contribution in [0.4, 0.5) is 5.69 Å². The van der Waals surface area contributed by atoms with Crippen LogP contribution >= 0.6 is 0 Å². The maximum absolute atomic E-state index is 12.2. The van der Waals surface area contributed by atoms with Crippen molar-refractivity contribution in [3.63, 3.8) is 0 Å². The van der Waals surface area contributed by atoms with Gasteiger partial charge in [0.05, 0.1) is 11.1 Å². The quantitative estimate of drug-likeness (QED) is 0.824. The predicted molar refractivity (Wildman–Crippen MR) is 102 cm³/mol. The monoisotopic (exact) mass is 366 g/mol. The molecule has 1 aliphatic heterocycles. The summed E-state index contributed by atoms with van der Waals surface area (Å²) in [6.45, 7) is 6.12. The van der Waals surface area contributed by atoms with Gasteiger partial charge < -0.3 is 10.1 Å². The first-order valence-electron chi connectivity index (χ1n) is 8.77. The van der Waals surface area contributed by atoms with E-state index >= 15 is 0 Å². The van der Waals surface area contributed by atoms with Crippen molar-refractivity contribution in [2.75, 3.05) is 19.0 Å². The molecule has 6 nitrogen and oxygen atoms in total. The molecular weight excluding hydrogens is 344 g/mol. The van der Waals surface area contributed by atoms with E-state index in [1.165, 1.54) is 18.7 Å². The molecule has 3 rings (SSSR count). The van der Waals surface area contributed by atoms with Gasteiger partial charge in [-0.2, -0.15) is 0 Å². The van der Waals surface area contributed by atoms with E-state index in [4.69, 9.17) is 4.74 Å². The molecule has 0 aliphatic carbocycles. The Morgan fingerprint density at radius 1 is 1.07 bits per heavy atom. The zero-order chi connectivity index (χ0) is 19.7. The third-order valence-electron chi connectivity index (χ3n) is 4.61. The number of hydrogen-bond donors (Lipinski definition) is 1. The second-order valence-electron chi connectivity index (χ2n) is 6.94. The first-order valence-corrected chi connectivity index (χ1v) is 8.77. The highest BCUT2D eigenvalue weighted by molar-refractivity contribution is 6.21. The van der Waals surface area contributed by atoms with Crippen molar-refractivity contribution in [3.05, 3.63) is 58.7 Å². The van der Waals surface area contributed by atoms with Crippen LogP contribution in [0.25, 0.3) is 0 Å². The van der Waals surface area contributed by atoms with Gasteiger partial charge in [0.25, 0.3) is 17.7 Å². The van der Waals surface area contributed by atoms with Gasteiger partial charge in [-0.3, -0.25) is 19.3 Å². The van der Waals surface area contributed by atoms with Crippen molar-refractivity contribution in [2.24, 2.45) is 0 Å². The zero-order valence-corrected chi connectivity index (χ0v) is 15.8. The molecule has 0 radical (unpaired) electrons. The number of anilines is 1. The first-order chi connectivity index (χ1) is 12.8. The van der Waals surface area contributed by atoms with Gasteiger partial charge in [-0.25, -0.2) is 0 Å². The number of fused-ring (bicyclic) bond motifs is 1. The molecule has 0 aromatic heterocycles. The molecule has 0 spiro atoms. The summed E-state index contributed by atoms with van der Waals surface area (Å²) in [6, 6.07) is 10.4. The van der Waals surface area contributed by atoms with Crippen molar-refractivity contribution < 1.29 is 19.1 Å². The fraction of sp³-hybridized carbons (Fsp3) is 0.286. The Hall–Kier alpha value is -3.15. The molecule has 27 heavy (non-hydrogen) atoms. The van der Waals surface area contributed by atoms with Crippen LogP contribution in [0.1, 0.15) is 51.6 Å². The molecule has 1 heterocycles. The summed E-state index contributed by atoms with van der Waals surface area (Å²) in [4.78, 5) is 37.1. The number of carbonyl (C=O) groups excluding carboxylic acids is 3. The lowest BCUT2D eigenvalue weighted by Gasteiger charge is -2.12. The van der Waals surface area contributed by atoms with Gasteiger partial charge in [0.2, 0.25) is 0 Å². The van der Waals surface area contributed by atoms with Crippen molar-refractivity contribution in [1.29, 1.82) is 0 Å². The van der Waals surface area contributed by atoms with Crippen LogP contribution in [-0.2, 0) is 4.79 Å². The molecule has 0 saturated heterocycles. The molecule has 0 bridgehead atoms. The number of ether oxygens (including phenoxy) is 1. The smallest absolute Gasteiger partial charge is 0.262 e. The number of amides is 3. The predicted octanol–water partition coefficient (Wildman–Crippen LogP) is 3.36. The molecule has 1 aliphatic rings. The van der Waals surface area contributed by atoms with Crippen molar-refractivity contribution in [1.82, 2.24) is 4.90 Å². The van der Waals surface area contributed by atoms with Gasteiger partial charge >= 0.3 is 0 Å². The third-order valence-corrected chi connectivity index (χ3v) is 4.61. The zero-order valence-electron chi connectivity index (χ0n) is 15.8. The largest absolute Gasteiger partial charge is 0.484 e. The molecule has 2 aromatic carbocycles. The van der Waals surface area contributed by atoms with E-state index in [0.29, 0.717) is 28.5 Å². The van der Waals surface area contributed by atoms with Gasteiger partial charge in [-0.15, -0.1) is 0 Å². The minimum Gasteiger partial charge on any atom is -0.484 e.